The number of hydrogen-bond donors (Lipinski definition) is 0. The van der Waals surface area contributed by atoms with Gasteiger partial charge in [-0.1, -0.05) is 18.2 Å². The van der Waals surface area contributed by atoms with Gasteiger partial charge in [0.2, 0.25) is 0 Å². The highest BCUT2D eigenvalue weighted by atomic mass is 32.1. The van der Waals surface area contributed by atoms with Crippen LogP contribution >= 0.6 is 11.3 Å². The van der Waals surface area contributed by atoms with Gasteiger partial charge in [-0.25, -0.2) is 14.5 Å². The average molecular weight is 417 g/mol. The van der Waals surface area contributed by atoms with E-state index in [0.29, 0.717) is 0 Å². The van der Waals surface area contributed by atoms with E-state index >= 15 is 0 Å². The van der Waals surface area contributed by atoms with E-state index in [1.807, 2.05) is 22.2 Å². The molecule has 0 atom stereocenters. The zero-order valence-corrected chi connectivity index (χ0v) is 18.1. The van der Waals surface area contributed by atoms with Crippen molar-refractivity contribution in [2.24, 2.45) is 0 Å². The van der Waals surface area contributed by atoms with E-state index in [4.69, 9.17) is 10.1 Å². The van der Waals surface area contributed by atoms with Crippen LogP contribution in [0.3, 0.4) is 0 Å². The van der Waals surface area contributed by atoms with Crippen molar-refractivity contribution in [3.05, 3.63) is 47.2 Å². The van der Waals surface area contributed by atoms with E-state index in [2.05, 4.69) is 59.0 Å². The maximum Gasteiger partial charge on any atom is 0.184 e. The number of aromatic nitrogens is 5. The molecule has 0 saturated heterocycles. The Hall–Kier alpha value is -2.77. The molecule has 6 nitrogen and oxygen atoms in total. The number of fused-ring (bicyclic) bond motifs is 6. The molecule has 30 heavy (non-hydrogen) atoms. The molecule has 1 aliphatic rings. The summed E-state index contributed by atoms with van der Waals surface area (Å²) in [5, 5.41) is 7.25. The minimum atomic E-state index is 0.782. The van der Waals surface area contributed by atoms with Crippen LogP contribution in [-0.4, -0.2) is 49.7 Å². The number of nitrogens with zero attached hydrogens (tertiary/aromatic N) is 6. The average Bonchev–Trinajstić information content (AvgIpc) is 3.48. The fourth-order valence-corrected chi connectivity index (χ4v) is 5.90. The van der Waals surface area contributed by atoms with Crippen LogP contribution in [0.15, 0.2) is 36.8 Å². The molecule has 0 radical (unpaired) electrons. The standard InChI is InChI=1S/C23H24N6S/c1-27(2)11-6-12-28-13-17(15-7-3-4-9-18(15)28)21-25-22-20-16-8-5-10-19(16)30-23(20)24-14-29(22)26-21/h3-4,7,9,13-14H,5-6,8,10-12H2,1-2H3. The lowest BCUT2D eigenvalue weighted by Gasteiger charge is -2.10. The van der Waals surface area contributed by atoms with Crippen molar-refractivity contribution in [2.75, 3.05) is 20.6 Å². The van der Waals surface area contributed by atoms with Crippen LogP contribution in [-0.2, 0) is 19.4 Å². The van der Waals surface area contributed by atoms with Crippen molar-refractivity contribution in [1.29, 1.82) is 0 Å². The highest BCUT2D eigenvalue weighted by molar-refractivity contribution is 7.19. The van der Waals surface area contributed by atoms with E-state index in [1.54, 1.807) is 0 Å². The molecule has 0 fully saturated rings. The van der Waals surface area contributed by atoms with E-state index in [1.165, 1.54) is 39.6 Å². The third-order valence-corrected chi connectivity index (χ3v) is 7.28. The first-order valence-electron chi connectivity index (χ1n) is 10.6. The predicted molar refractivity (Wildman–Crippen MR) is 122 cm³/mol. The molecule has 1 aromatic carbocycles. The molecule has 152 valence electrons. The van der Waals surface area contributed by atoms with Gasteiger partial charge in [-0.3, -0.25) is 0 Å². The third kappa shape index (κ3) is 2.76. The van der Waals surface area contributed by atoms with Crippen molar-refractivity contribution >= 4 is 38.1 Å². The molecule has 5 aromatic rings. The summed E-state index contributed by atoms with van der Waals surface area (Å²) in [4.78, 5) is 14.5. The fourth-order valence-electron chi connectivity index (χ4n) is 4.67. The van der Waals surface area contributed by atoms with Crippen molar-refractivity contribution in [3.8, 4) is 11.4 Å². The second kappa shape index (κ2) is 6.89. The summed E-state index contributed by atoms with van der Waals surface area (Å²) in [5.41, 5.74) is 4.72. The minimum absolute atomic E-state index is 0.782. The number of benzene rings is 1. The summed E-state index contributed by atoms with van der Waals surface area (Å²) in [7, 11) is 4.24. The zero-order chi connectivity index (χ0) is 20.2. The molecule has 0 amide bonds. The Morgan fingerprint density at radius 2 is 2.07 bits per heavy atom. The summed E-state index contributed by atoms with van der Waals surface area (Å²) in [5.74, 6) is 0.782. The molecular formula is C23H24N6S. The van der Waals surface area contributed by atoms with Gasteiger partial charge in [0.05, 0.1) is 5.39 Å². The number of aryl methyl sites for hydroxylation is 3. The molecule has 6 rings (SSSR count). The summed E-state index contributed by atoms with van der Waals surface area (Å²) in [6.07, 6.45) is 8.68. The Morgan fingerprint density at radius 3 is 2.97 bits per heavy atom. The van der Waals surface area contributed by atoms with E-state index in [-0.39, 0.29) is 0 Å². The highest BCUT2D eigenvalue weighted by Crippen LogP contribution is 2.38. The van der Waals surface area contributed by atoms with E-state index in [0.717, 1.165) is 47.8 Å². The van der Waals surface area contributed by atoms with Crippen LogP contribution in [0.4, 0.5) is 0 Å². The second-order valence-corrected chi connectivity index (χ2v) is 9.48. The van der Waals surface area contributed by atoms with E-state index < -0.39 is 0 Å². The first-order valence-corrected chi connectivity index (χ1v) is 11.4. The fraction of sp³-hybridized carbons (Fsp3) is 0.348. The van der Waals surface area contributed by atoms with Crippen molar-refractivity contribution in [1.82, 2.24) is 29.0 Å². The topological polar surface area (TPSA) is 51.2 Å². The lowest BCUT2D eigenvalue weighted by Crippen LogP contribution is -2.14. The zero-order valence-electron chi connectivity index (χ0n) is 17.3. The normalized spacial score (nSPS) is 14.0. The van der Waals surface area contributed by atoms with Gasteiger partial charge in [0.1, 0.15) is 11.2 Å². The number of thiophene rings is 1. The Bertz CT molecular complexity index is 1390. The maximum atomic E-state index is 5.03. The molecule has 0 saturated carbocycles. The molecule has 0 aliphatic heterocycles. The quantitative estimate of drug-likeness (QED) is 0.426. The SMILES string of the molecule is CN(C)CCCn1cc(-c2nc3c4c5c(sc4ncn3n2)CCC5)c2ccccc21. The third-order valence-electron chi connectivity index (χ3n) is 6.08. The minimum Gasteiger partial charge on any atom is -0.347 e. The number of hydrogen-bond acceptors (Lipinski definition) is 5. The van der Waals surface area contributed by atoms with Crippen LogP contribution in [0.2, 0.25) is 0 Å². The number of rotatable bonds is 5. The molecule has 4 aromatic heterocycles. The number of para-hydroxylation sites is 1. The molecule has 0 unspecified atom stereocenters. The lowest BCUT2D eigenvalue weighted by molar-refractivity contribution is 0.388. The van der Waals surface area contributed by atoms with Gasteiger partial charge in [-0.05, 0) is 58.0 Å². The van der Waals surface area contributed by atoms with Gasteiger partial charge in [0.15, 0.2) is 11.5 Å². The monoisotopic (exact) mass is 416 g/mol. The van der Waals surface area contributed by atoms with E-state index in [9.17, 15) is 0 Å². The Balaban J connectivity index is 1.49. The van der Waals surface area contributed by atoms with Crippen LogP contribution in [0.1, 0.15) is 23.3 Å². The molecule has 0 N–H and O–H groups in total. The Morgan fingerprint density at radius 1 is 1.17 bits per heavy atom. The van der Waals surface area contributed by atoms with Gasteiger partial charge in [-0.2, -0.15) is 0 Å². The van der Waals surface area contributed by atoms with Gasteiger partial charge in [0.25, 0.3) is 0 Å². The smallest absolute Gasteiger partial charge is 0.184 e. The van der Waals surface area contributed by atoms with Gasteiger partial charge in [0, 0.05) is 34.1 Å². The molecular weight excluding hydrogens is 392 g/mol. The van der Waals surface area contributed by atoms with Crippen LogP contribution in [0, 0.1) is 0 Å². The first-order chi connectivity index (χ1) is 14.7. The lowest BCUT2D eigenvalue weighted by atomic mass is 10.1. The van der Waals surface area contributed by atoms with Crippen molar-refractivity contribution in [2.45, 2.75) is 32.2 Å². The largest absolute Gasteiger partial charge is 0.347 e. The Labute approximate surface area is 178 Å². The molecule has 0 spiro atoms. The predicted octanol–water partition coefficient (Wildman–Crippen LogP) is 4.40. The summed E-state index contributed by atoms with van der Waals surface area (Å²) < 4.78 is 4.21. The highest BCUT2D eigenvalue weighted by Gasteiger charge is 2.23. The molecule has 1 aliphatic carbocycles. The van der Waals surface area contributed by atoms with Crippen molar-refractivity contribution in [3.63, 3.8) is 0 Å². The summed E-state index contributed by atoms with van der Waals surface area (Å²) in [6, 6.07) is 8.57. The molecule has 0 bridgehead atoms. The molecule has 4 heterocycles. The summed E-state index contributed by atoms with van der Waals surface area (Å²) in [6.45, 7) is 2.05. The van der Waals surface area contributed by atoms with Gasteiger partial charge >= 0.3 is 0 Å². The van der Waals surface area contributed by atoms with Crippen LogP contribution in [0.5, 0.6) is 0 Å². The van der Waals surface area contributed by atoms with Crippen LogP contribution < -0.4 is 0 Å². The van der Waals surface area contributed by atoms with Crippen LogP contribution in [0.25, 0.3) is 38.2 Å². The maximum absolute atomic E-state index is 5.03. The van der Waals surface area contributed by atoms with Crippen molar-refractivity contribution < 1.29 is 0 Å². The van der Waals surface area contributed by atoms with Gasteiger partial charge in [-0.15, -0.1) is 16.4 Å². The van der Waals surface area contributed by atoms with Gasteiger partial charge < -0.3 is 9.47 Å². The Kier molecular flexibility index (Phi) is 4.14. The second-order valence-electron chi connectivity index (χ2n) is 8.40. The molecule has 7 heteroatoms. The summed E-state index contributed by atoms with van der Waals surface area (Å²) >= 11 is 1.82. The first kappa shape index (κ1) is 18.0.